The van der Waals surface area contributed by atoms with E-state index in [0.717, 1.165) is 0 Å². The first-order valence-corrected chi connectivity index (χ1v) is 16.5. The molecule has 1 saturated heterocycles. The van der Waals surface area contributed by atoms with Crippen LogP contribution in [0.1, 0.15) is 44.6 Å². The normalized spacial score (nSPS) is 16.6. The average molecular weight is 681 g/mol. The van der Waals surface area contributed by atoms with Gasteiger partial charge in [-0.2, -0.15) is 11.8 Å². The van der Waals surface area contributed by atoms with Crippen molar-refractivity contribution in [3.8, 4) is 5.75 Å². The number of carboxylic acids is 1. The van der Waals surface area contributed by atoms with Crippen molar-refractivity contribution in [2.24, 2.45) is 0 Å². The van der Waals surface area contributed by atoms with Crippen molar-refractivity contribution >= 4 is 53.2 Å². The highest BCUT2D eigenvalue weighted by atomic mass is 32.2. The van der Waals surface area contributed by atoms with Crippen LogP contribution < -0.4 is 26.6 Å². The van der Waals surface area contributed by atoms with Gasteiger partial charge in [-0.1, -0.05) is 12.1 Å². The quantitative estimate of drug-likeness (QED) is 0.0864. The number of amides is 6. The lowest BCUT2D eigenvalue weighted by atomic mass is 10.0. The second-order valence-corrected chi connectivity index (χ2v) is 12.0. The number of nitrogens with zero attached hydrogens (tertiary/aromatic N) is 1. The molecule has 0 spiro atoms. The van der Waals surface area contributed by atoms with Gasteiger partial charge in [0.1, 0.15) is 36.0 Å². The van der Waals surface area contributed by atoms with E-state index < -0.39 is 84.6 Å². The van der Waals surface area contributed by atoms with Crippen LogP contribution in [-0.4, -0.2) is 124 Å². The predicted octanol–water partition coefficient (Wildman–Crippen LogP) is -1.76. The zero-order valence-corrected chi connectivity index (χ0v) is 27.4. The number of aliphatic hydroxyl groups is 1. The lowest BCUT2D eigenvalue weighted by Gasteiger charge is -2.30. The summed E-state index contributed by atoms with van der Waals surface area (Å²) in [5, 5.41) is 40.8. The zero-order chi connectivity index (χ0) is 35.1. The molecule has 16 nitrogen and oxygen atoms in total. The van der Waals surface area contributed by atoms with Crippen LogP contribution in [0.4, 0.5) is 0 Å². The van der Waals surface area contributed by atoms with Crippen molar-refractivity contribution in [3.63, 3.8) is 0 Å². The van der Waals surface area contributed by atoms with Crippen LogP contribution >= 0.6 is 11.8 Å². The number of thioether (sulfide) groups is 1. The molecule has 2 rings (SSSR count). The van der Waals surface area contributed by atoms with Crippen LogP contribution in [0.25, 0.3) is 0 Å². The molecule has 1 aliphatic heterocycles. The summed E-state index contributed by atoms with van der Waals surface area (Å²) < 4.78 is 0. The van der Waals surface area contributed by atoms with Gasteiger partial charge in [0.2, 0.25) is 35.4 Å². The topological polar surface area (TPSA) is 244 Å². The molecule has 0 saturated carbocycles. The van der Waals surface area contributed by atoms with Crippen molar-refractivity contribution < 1.29 is 48.9 Å². The summed E-state index contributed by atoms with van der Waals surface area (Å²) in [5.41, 5.74) is 0.593. The minimum Gasteiger partial charge on any atom is -0.508 e. The van der Waals surface area contributed by atoms with E-state index in [1.807, 2.05) is 0 Å². The number of phenols is 1. The molecule has 1 aliphatic rings. The first-order valence-electron chi connectivity index (χ1n) is 15.1. The van der Waals surface area contributed by atoms with E-state index in [1.165, 1.54) is 42.8 Å². The third kappa shape index (κ3) is 12.4. The Labute approximate surface area is 276 Å². The SMILES string of the molecule is CNC(=O)[C@H](CO)NC(=O)[C@@H]1CCCN1C(=O)[C@H](CCSC)NC(=O)[C@H](CCC(=O)O)NC(=O)[C@H](Cc1ccc(O)cc1)NC(C)=O. The molecular weight excluding hydrogens is 636 g/mol. The van der Waals surface area contributed by atoms with Crippen LogP contribution in [0.2, 0.25) is 0 Å². The molecule has 0 unspecified atom stereocenters. The van der Waals surface area contributed by atoms with Crippen LogP contribution in [0.5, 0.6) is 5.75 Å². The predicted molar refractivity (Wildman–Crippen MR) is 171 cm³/mol. The Morgan fingerprint density at radius 3 is 2.11 bits per heavy atom. The van der Waals surface area contributed by atoms with Gasteiger partial charge in [0.15, 0.2) is 0 Å². The highest BCUT2D eigenvalue weighted by molar-refractivity contribution is 7.98. The van der Waals surface area contributed by atoms with Gasteiger partial charge in [-0.3, -0.25) is 33.6 Å². The Morgan fingerprint density at radius 1 is 0.894 bits per heavy atom. The summed E-state index contributed by atoms with van der Waals surface area (Å²) in [6, 6.07) is 0.0837. The number of carbonyl (C=O) groups excluding carboxylic acids is 6. The van der Waals surface area contributed by atoms with Crippen LogP contribution in [0.3, 0.4) is 0 Å². The van der Waals surface area contributed by atoms with Gasteiger partial charge in [-0.15, -0.1) is 0 Å². The number of benzene rings is 1. The number of hydrogen-bond acceptors (Lipinski definition) is 10. The Morgan fingerprint density at radius 2 is 1.53 bits per heavy atom. The molecule has 8 N–H and O–H groups in total. The number of aliphatic hydroxyl groups excluding tert-OH is 1. The minimum absolute atomic E-state index is 0.00324. The highest BCUT2D eigenvalue weighted by Crippen LogP contribution is 2.20. The molecule has 47 heavy (non-hydrogen) atoms. The molecule has 1 aromatic carbocycles. The summed E-state index contributed by atoms with van der Waals surface area (Å²) in [6.07, 6.45) is 1.91. The lowest BCUT2D eigenvalue weighted by Crippen LogP contribution is -2.59. The molecule has 1 aromatic rings. The number of carboxylic acid groups (broad SMARTS) is 1. The molecule has 0 bridgehead atoms. The molecule has 6 amide bonds. The van der Waals surface area contributed by atoms with Crippen molar-refractivity contribution in [3.05, 3.63) is 29.8 Å². The van der Waals surface area contributed by atoms with Crippen molar-refractivity contribution in [2.75, 3.05) is 32.2 Å². The van der Waals surface area contributed by atoms with Crippen molar-refractivity contribution in [1.82, 2.24) is 31.5 Å². The molecule has 0 aromatic heterocycles. The molecule has 0 radical (unpaired) electrons. The fraction of sp³-hybridized carbons (Fsp3) is 0.567. The van der Waals surface area contributed by atoms with Gasteiger partial charge in [-0.25, -0.2) is 0 Å². The summed E-state index contributed by atoms with van der Waals surface area (Å²) in [6.45, 7) is 0.753. The summed E-state index contributed by atoms with van der Waals surface area (Å²) in [4.78, 5) is 90.3. The molecule has 260 valence electrons. The Balaban J connectivity index is 2.26. The van der Waals surface area contributed by atoms with E-state index in [9.17, 15) is 48.9 Å². The summed E-state index contributed by atoms with van der Waals surface area (Å²) in [7, 11) is 1.35. The number of likely N-dealkylation sites (tertiary alicyclic amines) is 1. The number of aromatic hydroxyl groups is 1. The number of likely N-dealkylation sites (N-methyl/N-ethyl adjacent to an activating group) is 1. The molecule has 1 fully saturated rings. The van der Waals surface area contributed by atoms with Gasteiger partial charge in [0.05, 0.1) is 6.61 Å². The standard InChI is InChI=1S/C30H44N6O10S/c1-17(38)32-22(15-18-6-8-19(39)9-7-18)28(44)33-20(10-11-25(40)41)27(43)34-21(12-14-47-3)30(46)36-13-4-5-24(36)29(45)35-23(16-37)26(42)31-2/h6-9,20-24,37,39H,4-5,10-16H2,1-3H3,(H,31,42)(H,32,38)(H,33,44)(H,34,43)(H,35,45)(H,40,41)/t20-,21-,22-,23-,24-/m0/s1. The largest absolute Gasteiger partial charge is 0.508 e. The first-order chi connectivity index (χ1) is 22.3. The second kappa shape index (κ2) is 19.3. The van der Waals surface area contributed by atoms with Gasteiger partial charge in [-0.05, 0) is 55.4 Å². The maximum atomic E-state index is 13.8. The van der Waals surface area contributed by atoms with E-state index in [4.69, 9.17) is 0 Å². The van der Waals surface area contributed by atoms with E-state index in [2.05, 4.69) is 26.6 Å². The van der Waals surface area contributed by atoms with E-state index in [-0.39, 0.29) is 38.0 Å². The monoisotopic (exact) mass is 680 g/mol. The van der Waals surface area contributed by atoms with Crippen molar-refractivity contribution in [1.29, 1.82) is 0 Å². The van der Waals surface area contributed by atoms with Gasteiger partial charge < -0.3 is 46.8 Å². The summed E-state index contributed by atoms with van der Waals surface area (Å²) in [5.74, 6) is -4.73. The number of hydrogen-bond donors (Lipinski definition) is 8. The lowest BCUT2D eigenvalue weighted by molar-refractivity contribution is -0.143. The number of phenolic OH excluding ortho intramolecular Hbond substituents is 1. The number of rotatable bonds is 18. The molecule has 0 aliphatic carbocycles. The van der Waals surface area contributed by atoms with Crippen molar-refractivity contribution in [2.45, 2.75) is 75.7 Å². The van der Waals surface area contributed by atoms with Gasteiger partial charge in [0, 0.05) is 33.4 Å². The molecular formula is C30H44N6O10S. The fourth-order valence-electron chi connectivity index (χ4n) is 5.04. The molecule has 1 heterocycles. The summed E-state index contributed by atoms with van der Waals surface area (Å²) >= 11 is 1.41. The maximum Gasteiger partial charge on any atom is 0.303 e. The van der Waals surface area contributed by atoms with E-state index >= 15 is 0 Å². The third-order valence-corrected chi connectivity index (χ3v) is 8.12. The Kier molecular flexibility index (Phi) is 15.9. The Bertz CT molecular complexity index is 1280. The van der Waals surface area contributed by atoms with Crippen LogP contribution in [-0.2, 0) is 40.0 Å². The average Bonchev–Trinajstić information content (AvgIpc) is 3.53. The highest BCUT2D eigenvalue weighted by Gasteiger charge is 2.39. The van der Waals surface area contributed by atoms with Crippen LogP contribution in [0.15, 0.2) is 24.3 Å². The van der Waals surface area contributed by atoms with Gasteiger partial charge in [0.25, 0.3) is 0 Å². The molecule has 5 atom stereocenters. The minimum atomic E-state index is -1.39. The van der Waals surface area contributed by atoms with Gasteiger partial charge >= 0.3 is 5.97 Å². The van der Waals surface area contributed by atoms with Crippen LogP contribution in [0, 0.1) is 0 Å². The number of nitrogens with one attached hydrogen (secondary N) is 5. The first kappa shape index (κ1) is 38.8. The fourth-order valence-corrected chi connectivity index (χ4v) is 5.51. The smallest absolute Gasteiger partial charge is 0.303 e. The maximum absolute atomic E-state index is 13.8. The second-order valence-electron chi connectivity index (χ2n) is 11.0. The van der Waals surface area contributed by atoms with E-state index in [1.54, 1.807) is 18.4 Å². The molecule has 17 heteroatoms. The number of carbonyl (C=O) groups is 7. The Hall–Kier alpha value is -4.38. The number of aliphatic carboxylic acids is 1. The third-order valence-electron chi connectivity index (χ3n) is 7.48. The zero-order valence-electron chi connectivity index (χ0n) is 26.6. The van der Waals surface area contributed by atoms with E-state index in [0.29, 0.717) is 17.7 Å².